The van der Waals surface area contributed by atoms with Crippen molar-refractivity contribution in [3.63, 3.8) is 0 Å². The van der Waals surface area contributed by atoms with E-state index in [9.17, 15) is 38.4 Å². The number of primary amides is 1. The van der Waals surface area contributed by atoms with Crippen LogP contribution in [0.4, 0.5) is 0 Å². The molecule has 0 saturated carbocycles. The molecule has 1 saturated heterocycles. The first-order valence-corrected chi connectivity index (χ1v) is 21.7. The zero-order valence-corrected chi connectivity index (χ0v) is 35.5. The third kappa shape index (κ3) is 31.7. The first-order valence-electron chi connectivity index (χ1n) is 21.7. The summed E-state index contributed by atoms with van der Waals surface area (Å²) < 4.78 is 21.0. The van der Waals surface area contributed by atoms with Crippen LogP contribution in [0.15, 0.2) is 0 Å². The molecule has 60 heavy (non-hydrogen) atoms. The van der Waals surface area contributed by atoms with E-state index in [4.69, 9.17) is 29.8 Å². The molecule has 0 unspecified atom stereocenters. The van der Waals surface area contributed by atoms with E-state index in [1.54, 1.807) is 0 Å². The van der Waals surface area contributed by atoms with Gasteiger partial charge in [0.2, 0.25) is 23.6 Å². The number of nitrogens with one attached hydrogen (secondary N) is 3. The maximum atomic E-state index is 12.4. The lowest BCUT2D eigenvalue weighted by molar-refractivity contribution is -0.200. The molecular formula is C41H71N5O14. The quantitative estimate of drug-likeness (QED) is 0.0437. The average Bonchev–Trinajstić information content (AvgIpc) is 3.52. The number of carboxylic acid groups (broad SMARTS) is 1. The summed E-state index contributed by atoms with van der Waals surface area (Å²) in [5, 5.41) is 17.0. The summed E-state index contributed by atoms with van der Waals surface area (Å²) in [6.07, 6.45) is 18.7. The predicted octanol–water partition coefficient (Wildman–Crippen LogP) is 2.75. The minimum Gasteiger partial charge on any atom is -0.481 e. The van der Waals surface area contributed by atoms with E-state index in [1.165, 1.54) is 57.8 Å². The lowest BCUT2D eigenvalue weighted by Gasteiger charge is -2.15. The Morgan fingerprint density at radius 3 is 1.47 bits per heavy atom. The molecule has 0 aromatic heterocycles. The number of hydroxylamine groups is 2. The van der Waals surface area contributed by atoms with E-state index >= 15 is 0 Å². The first-order chi connectivity index (χ1) is 29.0. The number of imide groups is 1. The summed E-state index contributed by atoms with van der Waals surface area (Å²) in [6, 6.07) is -0.925. The van der Waals surface area contributed by atoms with Crippen LogP contribution in [0, 0.1) is 0 Å². The molecule has 1 atom stereocenters. The Bertz CT molecular complexity index is 1250. The average molecular weight is 858 g/mol. The zero-order valence-electron chi connectivity index (χ0n) is 35.5. The Morgan fingerprint density at radius 2 is 0.983 bits per heavy atom. The van der Waals surface area contributed by atoms with E-state index in [-0.39, 0.29) is 109 Å². The van der Waals surface area contributed by atoms with Gasteiger partial charge in [-0.1, -0.05) is 89.9 Å². The van der Waals surface area contributed by atoms with Crippen molar-refractivity contribution in [2.75, 3.05) is 65.9 Å². The van der Waals surface area contributed by atoms with Crippen molar-refractivity contribution < 1.29 is 67.2 Å². The molecule has 1 aliphatic heterocycles. The van der Waals surface area contributed by atoms with Crippen LogP contribution < -0.4 is 21.7 Å². The van der Waals surface area contributed by atoms with Crippen LogP contribution in [-0.4, -0.2) is 130 Å². The zero-order chi connectivity index (χ0) is 44.1. The number of amides is 6. The van der Waals surface area contributed by atoms with Crippen LogP contribution in [-0.2, 0) is 62.1 Å². The predicted molar refractivity (Wildman–Crippen MR) is 218 cm³/mol. The van der Waals surface area contributed by atoms with E-state index < -0.39 is 42.3 Å². The molecule has 1 aliphatic rings. The maximum absolute atomic E-state index is 12.4. The minimum absolute atomic E-state index is 0.00492. The number of carboxylic acids is 1. The second kappa shape index (κ2) is 36.6. The van der Waals surface area contributed by atoms with Crippen LogP contribution in [0.25, 0.3) is 0 Å². The summed E-state index contributed by atoms with van der Waals surface area (Å²) >= 11 is 0. The van der Waals surface area contributed by atoms with Crippen molar-refractivity contribution in [2.45, 2.75) is 147 Å². The number of aliphatic carboxylic acids is 1. The van der Waals surface area contributed by atoms with Gasteiger partial charge in [-0.25, -0.2) is 4.79 Å². The fraction of sp³-hybridized carbons (Fsp3) is 0.805. The van der Waals surface area contributed by atoms with E-state index in [0.717, 1.165) is 44.9 Å². The fourth-order valence-electron chi connectivity index (χ4n) is 6.08. The number of nitrogens with zero attached hydrogens (tertiary/aromatic N) is 1. The van der Waals surface area contributed by atoms with Crippen LogP contribution in [0.2, 0.25) is 0 Å². The molecule has 344 valence electrons. The number of nitrogens with two attached hydrogens (primary N) is 1. The SMILES string of the molecule is NC(=O)[C@H](CCC(=O)NCCOCCOCC(=O)NCCOCCOCC(=O)ON1C(=O)CCC1=O)NC(=O)CCCCCCCCCCCCCCCCCCC(=O)O. The van der Waals surface area contributed by atoms with Crippen LogP contribution in [0.3, 0.4) is 0 Å². The van der Waals surface area contributed by atoms with Gasteiger partial charge in [0.25, 0.3) is 11.8 Å². The fourth-order valence-corrected chi connectivity index (χ4v) is 6.08. The highest BCUT2D eigenvalue weighted by molar-refractivity contribution is 6.01. The molecule has 0 aliphatic carbocycles. The van der Waals surface area contributed by atoms with Gasteiger partial charge in [0.15, 0.2) is 0 Å². The van der Waals surface area contributed by atoms with Gasteiger partial charge in [-0.05, 0) is 19.3 Å². The molecule has 0 spiro atoms. The number of unbranched alkanes of at least 4 members (excludes halogenated alkanes) is 15. The number of carbonyl (C=O) groups excluding carboxylic acids is 7. The number of carbonyl (C=O) groups is 8. The van der Waals surface area contributed by atoms with Crippen molar-refractivity contribution in [3.8, 4) is 0 Å². The molecule has 0 bridgehead atoms. The molecule has 0 aromatic rings. The highest BCUT2D eigenvalue weighted by Gasteiger charge is 2.32. The van der Waals surface area contributed by atoms with Crippen molar-refractivity contribution in [1.82, 2.24) is 21.0 Å². The molecular weight excluding hydrogens is 786 g/mol. The topological polar surface area (TPSA) is 268 Å². The monoisotopic (exact) mass is 857 g/mol. The largest absolute Gasteiger partial charge is 0.481 e. The van der Waals surface area contributed by atoms with E-state index in [0.29, 0.717) is 11.5 Å². The van der Waals surface area contributed by atoms with Gasteiger partial charge in [0, 0.05) is 45.2 Å². The standard InChI is InChI=1S/C41H71N5O14/c42-41(55)33(45-35(48)17-15-13-11-9-7-5-3-1-2-4-6-8-10-12-14-16-18-39(52)53)19-20-34(47)43-23-25-56-27-29-58-31-36(49)44-24-26-57-28-30-59-32-40(54)60-46-37(50)21-22-38(46)51/h33H,1-32H2,(H2,42,55)(H,43,47)(H,44,49)(H,45,48)(H,52,53)/t33-/m0/s1. The Labute approximate surface area is 354 Å². The smallest absolute Gasteiger partial charge is 0.358 e. The third-order valence-corrected chi connectivity index (χ3v) is 9.42. The van der Waals surface area contributed by atoms with Gasteiger partial charge in [-0.2, -0.15) is 0 Å². The number of hydrogen-bond donors (Lipinski definition) is 5. The van der Waals surface area contributed by atoms with Gasteiger partial charge in [-0.3, -0.25) is 33.6 Å². The van der Waals surface area contributed by atoms with E-state index in [1.807, 2.05) is 0 Å². The van der Waals surface area contributed by atoms with Crippen molar-refractivity contribution in [3.05, 3.63) is 0 Å². The maximum Gasteiger partial charge on any atom is 0.358 e. The van der Waals surface area contributed by atoms with Crippen molar-refractivity contribution in [2.24, 2.45) is 5.73 Å². The van der Waals surface area contributed by atoms with Crippen LogP contribution in [0.5, 0.6) is 0 Å². The van der Waals surface area contributed by atoms with Gasteiger partial charge in [0.05, 0.1) is 39.6 Å². The number of ether oxygens (including phenoxy) is 4. The summed E-state index contributed by atoms with van der Waals surface area (Å²) in [5.74, 6) is -4.33. The van der Waals surface area contributed by atoms with Gasteiger partial charge in [-0.15, -0.1) is 5.06 Å². The Kier molecular flexibility index (Phi) is 32.9. The molecule has 6 amide bonds. The first kappa shape index (κ1) is 53.8. The van der Waals surface area contributed by atoms with Crippen molar-refractivity contribution >= 4 is 47.4 Å². The molecule has 6 N–H and O–H groups in total. The highest BCUT2D eigenvalue weighted by atomic mass is 16.7. The lowest BCUT2D eigenvalue weighted by atomic mass is 10.0. The summed E-state index contributed by atoms with van der Waals surface area (Å²) in [7, 11) is 0. The molecule has 19 heteroatoms. The number of hydrogen-bond acceptors (Lipinski definition) is 13. The minimum atomic E-state index is -0.925. The molecule has 1 rings (SSSR count). The highest BCUT2D eigenvalue weighted by Crippen LogP contribution is 2.15. The Balaban J connectivity index is 1.90. The second-order valence-corrected chi connectivity index (χ2v) is 14.7. The second-order valence-electron chi connectivity index (χ2n) is 14.7. The summed E-state index contributed by atoms with van der Waals surface area (Å²) in [4.78, 5) is 98.0. The lowest BCUT2D eigenvalue weighted by Crippen LogP contribution is -2.45. The van der Waals surface area contributed by atoms with Gasteiger partial charge >= 0.3 is 11.9 Å². The van der Waals surface area contributed by atoms with Crippen molar-refractivity contribution in [1.29, 1.82) is 0 Å². The molecule has 0 aromatic carbocycles. The molecule has 0 radical (unpaired) electrons. The van der Waals surface area contributed by atoms with Crippen LogP contribution >= 0.6 is 0 Å². The summed E-state index contributed by atoms with van der Waals surface area (Å²) in [5.41, 5.74) is 5.46. The molecule has 1 heterocycles. The van der Waals surface area contributed by atoms with Gasteiger partial charge in [0.1, 0.15) is 19.3 Å². The summed E-state index contributed by atoms with van der Waals surface area (Å²) in [6.45, 7) is 0.750. The third-order valence-electron chi connectivity index (χ3n) is 9.42. The van der Waals surface area contributed by atoms with Crippen LogP contribution in [0.1, 0.15) is 141 Å². The number of rotatable bonds is 41. The van der Waals surface area contributed by atoms with E-state index in [2.05, 4.69) is 20.8 Å². The molecule has 19 nitrogen and oxygen atoms in total. The van der Waals surface area contributed by atoms with Gasteiger partial charge < -0.3 is 50.6 Å². The Morgan fingerprint density at radius 1 is 0.550 bits per heavy atom. The normalized spacial score (nSPS) is 13.0. The Hall–Kier alpha value is -4.20. The molecule has 1 fully saturated rings.